The summed E-state index contributed by atoms with van der Waals surface area (Å²) in [5.41, 5.74) is 4.03. The zero-order chi connectivity index (χ0) is 17.8. The van der Waals surface area contributed by atoms with Crippen molar-refractivity contribution in [3.05, 3.63) is 23.3 Å². The van der Waals surface area contributed by atoms with E-state index in [1.165, 1.54) is 56.3 Å². The largest absolute Gasteiger partial charge is 0.312 e. The molecule has 1 aliphatic carbocycles. The maximum absolute atomic E-state index is 3.62. The maximum Gasteiger partial charge on any atom is 0.0137 e. The van der Waals surface area contributed by atoms with Crippen molar-refractivity contribution in [3.63, 3.8) is 0 Å². The first-order valence-electron chi connectivity index (χ1n) is 9.93. The molecule has 0 amide bonds. The molecule has 1 saturated heterocycles. The smallest absolute Gasteiger partial charge is 0.0137 e. The van der Waals surface area contributed by atoms with Crippen molar-refractivity contribution >= 4 is 0 Å². The van der Waals surface area contributed by atoms with Crippen LogP contribution in [0.15, 0.2) is 23.3 Å². The summed E-state index contributed by atoms with van der Waals surface area (Å²) in [6.45, 7) is 18.7. The number of allylic oxidation sites excluding steroid dienone is 3. The van der Waals surface area contributed by atoms with Gasteiger partial charge < -0.3 is 5.32 Å². The van der Waals surface area contributed by atoms with Crippen LogP contribution in [0.2, 0.25) is 0 Å². The van der Waals surface area contributed by atoms with Crippen molar-refractivity contribution in [2.45, 2.75) is 79.7 Å². The van der Waals surface area contributed by atoms with Gasteiger partial charge in [0.2, 0.25) is 0 Å². The molecule has 2 bridgehead atoms. The lowest BCUT2D eigenvalue weighted by molar-refractivity contribution is 0.127. The second-order valence-electron chi connectivity index (χ2n) is 9.76. The Labute approximate surface area is 150 Å². The number of fused-ring (bicyclic) bond motifs is 2. The topological polar surface area (TPSA) is 15.3 Å². The van der Waals surface area contributed by atoms with Gasteiger partial charge in [0.25, 0.3) is 0 Å². The lowest BCUT2D eigenvalue weighted by atomic mass is 9.65. The first-order valence-corrected chi connectivity index (χ1v) is 9.93. The molecule has 0 radical (unpaired) electrons. The van der Waals surface area contributed by atoms with Crippen molar-refractivity contribution in [1.29, 1.82) is 0 Å². The Balaban J connectivity index is 1.66. The molecule has 2 nitrogen and oxygen atoms in total. The molecule has 1 N–H and O–H groups in total. The van der Waals surface area contributed by atoms with E-state index in [2.05, 4.69) is 63.9 Å². The lowest BCUT2D eigenvalue weighted by Crippen LogP contribution is -2.37. The zero-order valence-electron chi connectivity index (χ0n) is 17.0. The van der Waals surface area contributed by atoms with Crippen LogP contribution in [0.3, 0.4) is 0 Å². The fourth-order valence-electron chi connectivity index (χ4n) is 5.10. The Hall–Kier alpha value is -0.600. The van der Waals surface area contributed by atoms with Crippen LogP contribution in [-0.2, 0) is 0 Å². The van der Waals surface area contributed by atoms with Crippen LogP contribution in [-0.4, -0.2) is 37.1 Å². The quantitative estimate of drug-likeness (QED) is 0.487. The normalized spacial score (nSPS) is 29.8. The molecule has 2 fully saturated rings. The number of hydrogen-bond acceptors (Lipinski definition) is 2. The minimum Gasteiger partial charge on any atom is -0.312 e. The van der Waals surface area contributed by atoms with Gasteiger partial charge in [0.1, 0.15) is 0 Å². The van der Waals surface area contributed by atoms with Gasteiger partial charge in [-0.2, -0.15) is 0 Å². The van der Waals surface area contributed by atoms with E-state index in [0.29, 0.717) is 10.8 Å². The Morgan fingerprint density at radius 2 is 1.88 bits per heavy atom. The fourth-order valence-corrected chi connectivity index (χ4v) is 5.10. The minimum atomic E-state index is 0.533. The van der Waals surface area contributed by atoms with Gasteiger partial charge in [-0.25, -0.2) is 0 Å². The first-order chi connectivity index (χ1) is 11.2. The van der Waals surface area contributed by atoms with E-state index in [-0.39, 0.29) is 0 Å². The second kappa shape index (κ2) is 8.19. The Bertz CT molecular complexity index is 470. The molecular weight excluding hydrogens is 292 g/mol. The van der Waals surface area contributed by atoms with Crippen LogP contribution in [0.4, 0.5) is 0 Å². The van der Waals surface area contributed by atoms with E-state index in [9.17, 15) is 0 Å². The Morgan fingerprint density at radius 1 is 1.12 bits per heavy atom. The van der Waals surface area contributed by atoms with Crippen LogP contribution in [0, 0.1) is 10.8 Å². The van der Waals surface area contributed by atoms with Gasteiger partial charge in [-0.15, -0.1) is 0 Å². The summed E-state index contributed by atoms with van der Waals surface area (Å²) >= 11 is 0. The molecule has 1 saturated carbocycles. The molecule has 1 heterocycles. The highest BCUT2D eigenvalue weighted by Gasteiger charge is 2.49. The SMILES string of the molecule is CC(C)=CCC/C(C)=C/CNCCN1CC2(C)CC1CC(C)(C)C2. The van der Waals surface area contributed by atoms with E-state index in [4.69, 9.17) is 0 Å². The van der Waals surface area contributed by atoms with Crippen molar-refractivity contribution in [2.75, 3.05) is 26.2 Å². The van der Waals surface area contributed by atoms with Crippen LogP contribution >= 0.6 is 0 Å². The van der Waals surface area contributed by atoms with Gasteiger partial charge in [-0.1, -0.05) is 44.1 Å². The molecule has 2 heteroatoms. The summed E-state index contributed by atoms with van der Waals surface area (Å²) in [4.78, 5) is 2.76. The molecule has 0 aromatic rings. The summed E-state index contributed by atoms with van der Waals surface area (Å²) < 4.78 is 0. The highest BCUT2D eigenvalue weighted by atomic mass is 15.2. The lowest BCUT2D eigenvalue weighted by Gasteiger charge is -2.40. The third kappa shape index (κ3) is 6.04. The zero-order valence-corrected chi connectivity index (χ0v) is 17.0. The molecule has 0 aromatic carbocycles. The van der Waals surface area contributed by atoms with E-state index in [1.807, 2.05) is 0 Å². The standard InChI is InChI=1S/C22H40N2/c1-18(2)8-7-9-19(3)10-11-23-12-13-24-17-22(6)15-20(24)14-21(4,5)16-22/h8,10,20,23H,7,9,11-17H2,1-6H3/b19-10+. The summed E-state index contributed by atoms with van der Waals surface area (Å²) in [6, 6.07) is 0.821. The summed E-state index contributed by atoms with van der Waals surface area (Å²) in [6.07, 6.45) is 11.3. The fraction of sp³-hybridized carbons (Fsp3) is 0.818. The summed E-state index contributed by atoms with van der Waals surface area (Å²) in [7, 11) is 0. The predicted molar refractivity (Wildman–Crippen MR) is 106 cm³/mol. The van der Waals surface area contributed by atoms with Crippen molar-refractivity contribution in [3.8, 4) is 0 Å². The number of hydrogen-bond donors (Lipinski definition) is 1. The van der Waals surface area contributed by atoms with Gasteiger partial charge in [0, 0.05) is 32.2 Å². The molecule has 0 aromatic heterocycles. The molecule has 2 aliphatic rings. The predicted octanol–water partition coefficient (Wildman–Crippen LogP) is 5.17. The molecule has 0 spiro atoms. The molecule has 2 rings (SSSR count). The number of nitrogens with one attached hydrogen (secondary N) is 1. The van der Waals surface area contributed by atoms with Crippen LogP contribution in [0.25, 0.3) is 0 Å². The van der Waals surface area contributed by atoms with E-state index < -0.39 is 0 Å². The minimum absolute atomic E-state index is 0.533. The maximum atomic E-state index is 3.62. The number of rotatable bonds is 8. The molecule has 2 unspecified atom stereocenters. The van der Waals surface area contributed by atoms with E-state index in [0.717, 1.165) is 19.1 Å². The first kappa shape index (κ1) is 19.7. The van der Waals surface area contributed by atoms with E-state index in [1.54, 1.807) is 0 Å². The Kier molecular flexibility index (Phi) is 6.73. The average Bonchev–Trinajstić information content (AvgIpc) is 2.66. The van der Waals surface area contributed by atoms with Crippen molar-refractivity contribution in [2.24, 2.45) is 10.8 Å². The van der Waals surface area contributed by atoms with Gasteiger partial charge in [0.05, 0.1) is 0 Å². The van der Waals surface area contributed by atoms with E-state index >= 15 is 0 Å². The van der Waals surface area contributed by atoms with Gasteiger partial charge >= 0.3 is 0 Å². The highest BCUT2D eigenvalue weighted by molar-refractivity contribution is 5.04. The molecular formula is C22H40N2. The van der Waals surface area contributed by atoms with Gasteiger partial charge in [-0.05, 0) is 63.7 Å². The van der Waals surface area contributed by atoms with Gasteiger partial charge in [-0.3, -0.25) is 4.90 Å². The van der Waals surface area contributed by atoms with Crippen LogP contribution in [0.5, 0.6) is 0 Å². The molecule has 24 heavy (non-hydrogen) atoms. The number of likely N-dealkylation sites (tertiary alicyclic amines) is 1. The highest BCUT2D eigenvalue weighted by Crippen LogP contribution is 2.52. The monoisotopic (exact) mass is 332 g/mol. The van der Waals surface area contributed by atoms with Crippen LogP contribution < -0.4 is 5.32 Å². The number of nitrogens with zero attached hydrogens (tertiary/aromatic N) is 1. The summed E-state index contributed by atoms with van der Waals surface area (Å²) in [5, 5.41) is 3.62. The third-order valence-corrected chi connectivity index (χ3v) is 5.79. The Morgan fingerprint density at radius 3 is 2.58 bits per heavy atom. The summed E-state index contributed by atoms with van der Waals surface area (Å²) in [5.74, 6) is 0. The molecule has 138 valence electrons. The van der Waals surface area contributed by atoms with Crippen LogP contribution in [0.1, 0.15) is 73.6 Å². The molecule has 2 atom stereocenters. The van der Waals surface area contributed by atoms with Crippen molar-refractivity contribution < 1.29 is 0 Å². The third-order valence-electron chi connectivity index (χ3n) is 5.79. The second-order valence-corrected chi connectivity index (χ2v) is 9.76. The van der Waals surface area contributed by atoms with Crippen molar-refractivity contribution in [1.82, 2.24) is 10.2 Å². The van der Waals surface area contributed by atoms with Gasteiger partial charge in [0.15, 0.2) is 0 Å². The average molecular weight is 333 g/mol. The molecule has 1 aliphatic heterocycles.